The summed E-state index contributed by atoms with van der Waals surface area (Å²) in [6, 6.07) is 17.3. The zero-order chi connectivity index (χ0) is 19.1. The maximum absolute atomic E-state index is 12.2. The van der Waals surface area contributed by atoms with E-state index in [0.29, 0.717) is 18.3 Å². The number of benzene rings is 2. The molecule has 1 amide bonds. The summed E-state index contributed by atoms with van der Waals surface area (Å²) >= 11 is 1.37. The van der Waals surface area contributed by atoms with Gasteiger partial charge in [-0.1, -0.05) is 47.7 Å². The van der Waals surface area contributed by atoms with Crippen LogP contribution in [0.5, 0.6) is 5.75 Å². The number of carbonyl (C=O) groups is 1. The minimum atomic E-state index is -0.0726. The molecule has 7 heteroatoms. The minimum absolute atomic E-state index is 0.0726. The largest absolute Gasteiger partial charge is 0.486 e. The molecule has 3 rings (SSSR count). The number of nitrogens with one attached hydrogen (secondary N) is 1. The van der Waals surface area contributed by atoms with Crippen LogP contribution in [0, 0.1) is 6.92 Å². The van der Waals surface area contributed by atoms with Crippen molar-refractivity contribution in [3.63, 3.8) is 0 Å². The summed E-state index contributed by atoms with van der Waals surface area (Å²) in [6.45, 7) is 5.08. The number of nitrogens with zero attached hydrogens (tertiary/aromatic N) is 3. The zero-order valence-electron chi connectivity index (χ0n) is 15.4. The average Bonchev–Trinajstić information content (AvgIpc) is 3.09. The van der Waals surface area contributed by atoms with Gasteiger partial charge in [-0.15, -0.1) is 10.2 Å². The monoisotopic (exact) mass is 382 g/mol. The van der Waals surface area contributed by atoms with Crippen molar-refractivity contribution >= 4 is 23.4 Å². The van der Waals surface area contributed by atoms with Crippen LogP contribution in [0.4, 0.5) is 5.69 Å². The Morgan fingerprint density at radius 2 is 1.85 bits per heavy atom. The highest BCUT2D eigenvalue weighted by Gasteiger charge is 2.14. The van der Waals surface area contributed by atoms with Crippen molar-refractivity contribution in [1.82, 2.24) is 14.8 Å². The van der Waals surface area contributed by atoms with Crippen molar-refractivity contribution < 1.29 is 9.53 Å². The van der Waals surface area contributed by atoms with Gasteiger partial charge in [0.05, 0.1) is 5.75 Å². The van der Waals surface area contributed by atoms with Crippen molar-refractivity contribution in [2.45, 2.75) is 32.2 Å². The first-order valence-electron chi connectivity index (χ1n) is 8.75. The van der Waals surface area contributed by atoms with Crippen molar-refractivity contribution in [3.8, 4) is 5.75 Å². The van der Waals surface area contributed by atoms with Crippen LogP contribution >= 0.6 is 11.8 Å². The Kier molecular flexibility index (Phi) is 6.49. The van der Waals surface area contributed by atoms with Gasteiger partial charge in [0, 0.05) is 12.2 Å². The lowest BCUT2D eigenvalue weighted by molar-refractivity contribution is -0.113. The molecule has 0 atom stereocenters. The number of para-hydroxylation sites is 1. The van der Waals surface area contributed by atoms with E-state index in [4.69, 9.17) is 4.74 Å². The standard InChI is InChI=1S/C20H22N4O2S/c1-3-24-18(13-26-17-7-5-4-6-8-17)22-23-20(24)27-14-19(25)21-16-11-9-15(2)10-12-16/h4-12H,3,13-14H2,1-2H3,(H,21,25). The fourth-order valence-electron chi connectivity index (χ4n) is 2.48. The van der Waals surface area contributed by atoms with Crippen molar-refractivity contribution in [3.05, 3.63) is 66.0 Å². The Morgan fingerprint density at radius 1 is 1.11 bits per heavy atom. The molecule has 1 N–H and O–H groups in total. The molecule has 0 saturated heterocycles. The smallest absolute Gasteiger partial charge is 0.234 e. The lowest BCUT2D eigenvalue weighted by atomic mass is 10.2. The number of aromatic nitrogens is 3. The van der Waals surface area contributed by atoms with E-state index >= 15 is 0 Å². The number of ether oxygens (including phenoxy) is 1. The Balaban J connectivity index is 1.56. The Hall–Kier alpha value is -2.80. The van der Waals surface area contributed by atoms with Crippen LogP contribution < -0.4 is 10.1 Å². The molecule has 0 unspecified atom stereocenters. The second-order valence-corrected chi connectivity index (χ2v) is 6.89. The number of hydrogen-bond donors (Lipinski definition) is 1. The van der Waals surface area contributed by atoms with Gasteiger partial charge >= 0.3 is 0 Å². The van der Waals surface area contributed by atoms with E-state index in [2.05, 4.69) is 15.5 Å². The molecule has 2 aromatic carbocycles. The number of anilines is 1. The Labute approximate surface area is 163 Å². The van der Waals surface area contributed by atoms with Crippen molar-refractivity contribution in [2.75, 3.05) is 11.1 Å². The third kappa shape index (κ3) is 5.34. The van der Waals surface area contributed by atoms with Gasteiger partial charge in [0.25, 0.3) is 0 Å². The molecule has 0 saturated carbocycles. The molecule has 6 nitrogen and oxygen atoms in total. The maximum Gasteiger partial charge on any atom is 0.234 e. The molecule has 0 aliphatic heterocycles. The fourth-order valence-corrected chi connectivity index (χ4v) is 3.30. The molecule has 140 valence electrons. The summed E-state index contributed by atoms with van der Waals surface area (Å²) in [7, 11) is 0. The van der Waals surface area contributed by atoms with Crippen LogP contribution in [0.1, 0.15) is 18.3 Å². The van der Waals surface area contributed by atoms with Gasteiger partial charge in [0.2, 0.25) is 5.91 Å². The quantitative estimate of drug-likeness (QED) is 0.598. The van der Waals surface area contributed by atoms with Gasteiger partial charge in [-0.3, -0.25) is 4.79 Å². The fraction of sp³-hybridized carbons (Fsp3) is 0.250. The van der Waals surface area contributed by atoms with E-state index in [1.165, 1.54) is 11.8 Å². The molecular formula is C20H22N4O2S. The van der Waals surface area contributed by atoms with E-state index in [0.717, 1.165) is 22.8 Å². The average molecular weight is 382 g/mol. The van der Waals surface area contributed by atoms with E-state index < -0.39 is 0 Å². The minimum Gasteiger partial charge on any atom is -0.486 e. The van der Waals surface area contributed by atoms with Gasteiger partial charge in [0.15, 0.2) is 11.0 Å². The number of rotatable bonds is 8. The van der Waals surface area contributed by atoms with Crippen LogP contribution in [-0.2, 0) is 17.9 Å². The molecular weight excluding hydrogens is 360 g/mol. The number of aryl methyl sites for hydroxylation is 1. The van der Waals surface area contributed by atoms with Crippen LogP contribution in [-0.4, -0.2) is 26.4 Å². The maximum atomic E-state index is 12.2. The normalized spacial score (nSPS) is 10.6. The lowest BCUT2D eigenvalue weighted by Crippen LogP contribution is -2.15. The van der Waals surface area contributed by atoms with Gasteiger partial charge in [-0.2, -0.15) is 0 Å². The first-order chi connectivity index (χ1) is 13.2. The molecule has 0 aliphatic rings. The molecule has 0 radical (unpaired) electrons. The van der Waals surface area contributed by atoms with Crippen LogP contribution in [0.15, 0.2) is 59.8 Å². The van der Waals surface area contributed by atoms with Crippen molar-refractivity contribution in [1.29, 1.82) is 0 Å². The topological polar surface area (TPSA) is 69.0 Å². The predicted octanol–water partition coefficient (Wildman–Crippen LogP) is 3.92. The highest BCUT2D eigenvalue weighted by Crippen LogP contribution is 2.19. The molecule has 1 heterocycles. The molecule has 3 aromatic rings. The Bertz CT molecular complexity index is 879. The van der Waals surface area contributed by atoms with Gasteiger partial charge < -0.3 is 14.6 Å². The second kappa shape index (κ2) is 9.23. The van der Waals surface area contributed by atoms with Gasteiger partial charge in [0.1, 0.15) is 12.4 Å². The summed E-state index contributed by atoms with van der Waals surface area (Å²) in [4.78, 5) is 12.2. The third-order valence-electron chi connectivity index (χ3n) is 3.89. The molecule has 0 aliphatic carbocycles. The van der Waals surface area contributed by atoms with E-state index in [-0.39, 0.29) is 11.7 Å². The summed E-state index contributed by atoms with van der Waals surface area (Å²) in [5.41, 5.74) is 1.95. The number of carbonyl (C=O) groups excluding carboxylic acids is 1. The SMILES string of the molecule is CCn1c(COc2ccccc2)nnc1SCC(=O)Nc1ccc(C)cc1. The summed E-state index contributed by atoms with van der Waals surface area (Å²) in [5, 5.41) is 12.0. The number of thioether (sulfide) groups is 1. The molecule has 0 bridgehead atoms. The first-order valence-corrected chi connectivity index (χ1v) is 9.73. The van der Waals surface area contributed by atoms with Crippen LogP contribution in [0.25, 0.3) is 0 Å². The number of hydrogen-bond acceptors (Lipinski definition) is 5. The molecule has 0 spiro atoms. The number of amides is 1. The van der Waals surface area contributed by atoms with Gasteiger partial charge in [-0.05, 0) is 38.1 Å². The molecule has 0 fully saturated rings. The first kappa shape index (κ1) is 19.0. The van der Waals surface area contributed by atoms with E-state index in [1.54, 1.807) is 0 Å². The predicted molar refractivity (Wildman–Crippen MR) is 107 cm³/mol. The summed E-state index contributed by atoms with van der Waals surface area (Å²) in [5.74, 6) is 1.72. The summed E-state index contributed by atoms with van der Waals surface area (Å²) < 4.78 is 7.72. The van der Waals surface area contributed by atoms with Crippen molar-refractivity contribution in [2.24, 2.45) is 0 Å². The van der Waals surface area contributed by atoms with E-state index in [9.17, 15) is 4.79 Å². The highest BCUT2D eigenvalue weighted by molar-refractivity contribution is 7.99. The lowest BCUT2D eigenvalue weighted by Gasteiger charge is -2.09. The third-order valence-corrected chi connectivity index (χ3v) is 4.86. The van der Waals surface area contributed by atoms with Crippen LogP contribution in [0.2, 0.25) is 0 Å². The second-order valence-electron chi connectivity index (χ2n) is 5.95. The van der Waals surface area contributed by atoms with Crippen LogP contribution in [0.3, 0.4) is 0 Å². The molecule has 1 aromatic heterocycles. The van der Waals surface area contributed by atoms with Gasteiger partial charge in [-0.25, -0.2) is 0 Å². The highest BCUT2D eigenvalue weighted by atomic mass is 32.2. The summed E-state index contributed by atoms with van der Waals surface area (Å²) in [6.07, 6.45) is 0. The zero-order valence-corrected chi connectivity index (χ0v) is 16.2. The molecule has 27 heavy (non-hydrogen) atoms. The Morgan fingerprint density at radius 3 is 2.56 bits per heavy atom. The van der Waals surface area contributed by atoms with E-state index in [1.807, 2.05) is 73.0 Å².